The molecule has 1 aliphatic rings. The fourth-order valence-electron chi connectivity index (χ4n) is 3.41. The van der Waals surface area contributed by atoms with Crippen LogP contribution in [0.3, 0.4) is 0 Å². The number of nitro benzene ring substituents is 1. The smallest absolute Gasteiger partial charge is 0.269 e. The summed E-state index contributed by atoms with van der Waals surface area (Å²) in [6.07, 6.45) is 1.67. The van der Waals surface area contributed by atoms with E-state index in [1.165, 1.54) is 12.1 Å². The van der Waals surface area contributed by atoms with Gasteiger partial charge in [-0.2, -0.15) is 0 Å². The molecular formula is C20H18N4O3. The summed E-state index contributed by atoms with van der Waals surface area (Å²) in [5.74, 6) is 0.0111. The van der Waals surface area contributed by atoms with Crippen LogP contribution in [-0.2, 0) is 0 Å². The number of benzene rings is 2. The lowest BCUT2D eigenvalue weighted by Gasteiger charge is -2.36. The first-order valence-corrected chi connectivity index (χ1v) is 8.76. The summed E-state index contributed by atoms with van der Waals surface area (Å²) < 4.78 is 0. The molecule has 4 rings (SSSR count). The SMILES string of the molecule is O=C(c1ccnc2ccccc12)N1CCN(c2ccc([N+](=O)[O-])cc2)CC1. The van der Waals surface area contributed by atoms with E-state index >= 15 is 0 Å². The summed E-state index contributed by atoms with van der Waals surface area (Å²) in [6, 6.07) is 15.9. The van der Waals surface area contributed by atoms with Gasteiger partial charge in [-0.05, 0) is 24.3 Å². The highest BCUT2D eigenvalue weighted by Gasteiger charge is 2.23. The van der Waals surface area contributed by atoms with E-state index in [0.29, 0.717) is 31.7 Å². The lowest BCUT2D eigenvalue weighted by atomic mass is 10.1. The van der Waals surface area contributed by atoms with Crippen molar-refractivity contribution in [1.29, 1.82) is 0 Å². The number of para-hydroxylation sites is 1. The van der Waals surface area contributed by atoms with Gasteiger partial charge in [-0.15, -0.1) is 0 Å². The van der Waals surface area contributed by atoms with Crippen LogP contribution in [0.5, 0.6) is 0 Å². The quantitative estimate of drug-likeness (QED) is 0.528. The monoisotopic (exact) mass is 362 g/mol. The van der Waals surface area contributed by atoms with E-state index in [0.717, 1.165) is 16.6 Å². The predicted octanol–water partition coefficient (Wildman–Crippen LogP) is 3.11. The van der Waals surface area contributed by atoms with Crippen LogP contribution in [0.4, 0.5) is 11.4 Å². The normalized spacial score (nSPS) is 14.4. The first-order chi connectivity index (χ1) is 13.1. The Kier molecular flexibility index (Phi) is 4.42. The number of fused-ring (bicyclic) bond motifs is 1. The predicted molar refractivity (Wildman–Crippen MR) is 103 cm³/mol. The molecule has 2 heterocycles. The number of aromatic nitrogens is 1. The van der Waals surface area contributed by atoms with Gasteiger partial charge in [0.25, 0.3) is 11.6 Å². The molecule has 0 spiro atoms. The number of pyridine rings is 1. The molecule has 7 heteroatoms. The number of hydrogen-bond donors (Lipinski definition) is 0. The van der Waals surface area contributed by atoms with Crippen LogP contribution in [0, 0.1) is 10.1 Å². The number of hydrogen-bond acceptors (Lipinski definition) is 5. The van der Waals surface area contributed by atoms with Gasteiger partial charge in [0.1, 0.15) is 0 Å². The van der Waals surface area contributed by atoms with Crippen molar-refractivity contribution in [2.24, 2.45) is 0 Å². The Balaban J connectivity index is 1.47. The number of carbonyl (C=O) groups is 1. The molecule has 136 valence electrons. The van der Waals surface area contributed by atoms with Crippen molar-refractivity contribution in [3.63, 3.8) is 0 Å². The molecule has 27 heavy (non-hydrogen) atoms. The first kappa shape index (κ1) is 17.0. The summed E-state index contributed by atoms with van der Waals surface area (Å²) in [5.41, 5.74) is 2.50. The molecule has 2 aromatic carbocycles. The number of amides is 1. The molecule has 0 radical (unpaired) electrons. The van der Waals surface area contributed by atoms with E-state index in [1.54, 1.807) is 24.4 Å². The van der Waals surface area contributed by atoms with Crippen LogP contribution >= 0.6 is 0 Å². The molecule has 1 saturated heterocycles. The summed E-state index contributed by atoms with van der Waals surface area (Å²) in [4.78, 5) is 31.7. The Bertz CT molecular complexity index is 990. The minimum absolute atomic E-state index is 0.0111. The molecule has 0 N–H and O–H groups in total. The lowest BCUT2D eigenvalue weighted by molar-refractivity contribution is -0.384. The standard InChI is InChI=1S/C20H18N4O3/c25-20(18-9-10-21-19-4-2-1-3-17(18)19)23-13-11-22(12-14-23)15-5-7-16(8-6-15)24(26)27/h1-10H,11-14H2. The molecule has 1 aliphatic heterocycles. The Morgan fingerprint density at radius 2 is 1.67 bits per heavy atom. The molecule has 7 nitrogen and oxygen atoms in total. The van der Waals surface area contributed by atoms with Crippen LogP contribution in [0.15, 0.2) is 60.8 Å². The minimum Gasteiger partial charge on any atom is -0.368 e. The first-order valence-electron chi connectivity index (χ1n) is 8.76. The Labute approximate surface area is 156 Å². The average molecular weight is 362 g/mol. The third-order valence-corrected chi connectivity index (χ3v) is 4.87. The number of non-ortho nitro benzene ring substituents is 1. The second-order valence-electron chi connectivity index (χ2n) is 6.43. The van der Waals surface area contributed by atoms with Gasteiger partial charge < -0.3 is 9.80 Å². The molecule has 1 fully saturated rings. The minimum atomic E-state index is -0.403. The van der Waals surface area contributed by atoms with Crippen molar-refractivity contribution < 1.29 is 9.72 Å². The number of piperazine rings is 1. The Hall–Kier alpha value is -3.48. The van der Waals surface area contributed by atoms with Crippen LogP contribution < -0.4 is 4.90 Å². The van der Waals surface area contributed by atoms with Crippen LogP contribution in [-0.4, -0.2) is 46.9 Å². The Morgan fingerprint density at radius 3 is 2.37 bits per heavy atom. The number of nitrogens with zero attached hydrogens (tertiary/aromatic N) is 4. The summed E-state index contributed by atoms with van der Waals surface area (Å²) in [7, 11) is 0. The zero-order chi connectivity index (χ0) is 18.8. The zero-order valence-corrected chi connectivity index (χ0v) is 14.6. The van der Waals surface area contributed by atoms with E-state index < -0.39 is 4.92 Å². The highest BCUT2D eigenvalue weighted by molar-refractivity contribution is 6.06. The highest BCUT2D eigenvalue weighted by atomic mass is 16.6. The maximum atomic E-state index is 13.0. The molecule has 0 bridgehead atoms. The van der Waals surface area contributed by atoms with Gasteiger partial charge in [0, 0.05) is 55.6 Å². The second-order valence-corrected chi connectivity index (χ2v) is 6.43. The number of nitro groups is 1. The molecule has 0 unspecified atom stereocenters. The van der Waals surface area contributed by atoms with E-state index in [2.05, 4.69) is 9.88 Å². The van der Waals surface area contributed by atoms with Gasteiger partial charge in [-0.1, -0.05) is 18.2 Å². The van der Waals surface area contributed by atoms with E-state index in [9.17, 15) is 14.9 Å². The fourth-order valence-corrected chi connectivity index (χ4v) is 3.41. The molecular weight excluding hydrogens is 344 g/mol. The number of rotatable bonds is 3. The molecule has 1 amide bonds. The maximum Gasteiger partial charge on any atom is 0.269 e. The second kappa shape index (κ2) is 7.03. The van der Waals surface area contributed by atoms with Crippen LogP contribution in [0.2, 0.25) is 0 Å². The maximum absolute atomic E-state index is 13.0. The third kappa shape index (κ3) is 3.31. The Morgan fingerprint density at radius 1 is 0.963 bits per heavy atom. The van der Waals surface area contributed by atoms with Gasteiger partial charge in [-0.3, -0.25) is 19.9 Å². The topological polar surface area (TPSA) is 79.6 Å². The van der Waals surface area contributed by atoms with Crippen LogP contribution in [0.25, 0.3) is 10.9 Å². The van der Waals surface area contributed by atoms with Crippen molar-refractivity contribution in [3.8, 4) is 0 Å². The highest BCUT2D eigenvalue weighted by Crippen LogP contribution is 2.22. The van der Waals surface area contributed by atoms with E-state index in [4.69, 9.17) is 0 Å². The third-order valence-electron chi connectivity index (χ3n) is 4.87. The molecule has 1 aromatic heterocycles. The van der Waals surface area contributed by atoms with Gasteiger partial charge in [0.2, 0.25) is 0 Å². The summed E-state index contributed by atoms with van der Waals surface area (Å²) >= 11 is 0. The zero-order valence-electron chi connectivity index (χ0n) is 14.6. The molecule has 3 aromatic rings. The number of anilines is 1. The van der Waals surface area contributed by atoms with E-state index in [1.807, 2.05) is 29.2 Å². The van der Waals surface area contributed by atoms with E-state index in [-0.39, 0.29) is 11.6 Å². The lowest BCUT2D eigenvalue weighted by Crippen LogP contribution is -2.48. The van der Waals surface area contributed by atoms with Gasteiger partial charge >= 0.3 is 0 Å². The van der Waals surface area contributed by atoms with Crippen molar-refractivity contribution in [3.05, 3.63) is 76.5 Å². The van der Waals surface area contributed by atoms with Crippen LogP contribution in [0.1, 0.15) is 10.4 Å². The van der Waals surface area contributed by atoms with Crippen molar-refractivity contribution >= 4 is 28.2 Å². The summed E-state index contributed by atoms with van der Waals surface area (Å²) in [5, 5.41) is 11.6. The molecule has 0 aliphatic carbocycles. The van der Waals surface area contributed by atoms with Gasteiger partial charge in [-0.25, -0.2) is 0 Å². The largest absolute Gasteiger partial charge is 0.368 e. The van der Waals surface area contributed by atoms with Gasteiger partial charge in [0.15, 0.2) is 0 Å². The van der Waals surface area contributed by atoms with Crippen molar-refractivity contribution in [2.75, 3.05) is 31.1 Å². The van der Waals surface area contributed by atoms with Crippen molar-refractivity contribution in [2.45, 2.75) is 0 Å². The average Bonchev–Trinajstić information content (AvgIpc) is 2.73. The molecule has 0 saturated carbocycles. The summed E-state index contributed by atoms with van der Waals surface area (Å²) in [6.45, 7) is 2.58. The van der Waals surface area contributed by atoms with Gasteiger partial charge in [0.05, 0.1) is 16.0 Å². The number of carbonyl (C=O) groups excluding carboxylic acids is 1. The molecule has 0 atom stereocenters. The fraction of sp³-hybridized carbons (Fsp3) is 0.200. The van der Waals surface area contributed by atoms with Crippen molar-refractivity contribution in [1.82, 2.24) is 9.88 Å².